The highest BCUT2D eigenvalue weighted by Crippen LogP contribution is 2.29. The SMILES string of the molecule is Cc1cc(-c2cnc3c(NCC4COCN(C)C4)nc(-c4ccc(F)cc4)cn23)ccc1C(=O)NC1CC1. The standard InChI is InChI=1S/C29H31FN6O2/c1-18-11-21(5-10-24(18)29(37)33-23-8-9-23)26-13-32-28-27(31-12-19-14-35(2)17-38-16-19)34-25(15-36(26)28)20-3-6-22(30)7-4-20/h3-7,10-11,13,15,19,23H,8-9,12,14,16-17H2,1-2H3,(H,31,34)(H,33,37). The van der Waals surface area contributed by atoms with Crippen molar-refractivity contribution in [3.8, 4) is 22.5 Å². The van der Waals surface area contributed by atoms with Gasteiger partial charge in [-0.2, -0.15) is 0 Å². The van der Waals surface area contributed by atoms with Gasteiger partial charge in [0.25, 0.3) is 5.91 Å². The second-order valence-corrected chi connectivity index (χ2v) is 10.4. The van der Waals surface area contributed by atoms with Gasteiger partial charge in [-0.1, -0.05) is 6.07 Å². The number of nitrogens with one attached hydrogen (secondary N) is 2. The largest absolute Gasteiger partial charge is 0.367 e. The number of hydrogen-bond donors (Lipinski definition) is 2. The van der Waals surface area contributed by atoms with E-state index in [4.69, 9.17) is 14.7 Å². The van der Waals surface area contributed by atoms with E-state index in [1.54, 1.807) is 12.1 Å². The van der Waals surface area contributed by atoms with Crippen LogP contribution in [0.4, 0.5) is 10.2 Å². The number of halogens is 1. The molecule has 1 unspecified atom stereocenters. The van der Waals surface area contributed by atoms with E-state index in [9.17, 15) is 9.18 Å². The monoisotopic (exact) mass is 514 g/mol. The molecule has 196 valence electrons. The molecule has 3 heterocycles. The molecule has 0 bridgehead atoms. The molecule has 38 heavy (non-hydrogen) atoms. The molecule has 2 aromatic heterocycles. The molecule has 1 aliphatic heterocycles. The molecule has 1 amide bonds. The fraction of sp³-hybridized carbons (Fsp3) is 0.345. The zero-order chi connectivity index (χ0) is 26.2. The van der Waals surface area contributed by atoms with Crippen molar-refractivity contribution in [3.63, 3.8) is 0 Å². The molecule has 8 nitrogen and oxygen atoms in total. The van der Waals surface area contributed by atoms with Crippen molar-refractivity contribution >= 4 is 17.4 Å². The summed E-state index contributed by atoms with van der Waals surface area (Å²) >= 11 is 0. The highest BCUT2D eigenvalue weighted by atomic mass is 19.1. The van der Waals surface area contributed by atoms with Crippen LogP contribution in [-0.4, -0.2) is 64.7 Å². The third kappa shape index (κ3) is 5.12. The van der Waals surface area contributed by atoms with Crippen LogP contribution in [0, 0.1) is 18.7 Å². The van der Waals surface area contributed by atoms with Crippen LogP contribution in [0.15, 0.2) is 54.9 Å². The van der Waals surface area contributed by atoms with E-state index in [-0.39, 0.29) is 11.7 Å². The number of ether oxygens (including phenoxy) is 1. The molecule has 4 aromatic rings. The van der Waals surface area contributed by atoms with E-state index < -0.39 is 0 Å². The number of aryl methyl sites for hydroxylation is 1. The minimum atomic E-state index is -0.292. The Bertz CT molecular complexity index is 1480. The van der Waals surface area contributed by atoms with Crippen LogP contribution in [0.3, 0.4) is 0 Å². The molecule has 0 spiro atoms. The van der Waals surface area contributed by atoms with Gasteiger partial charge in [0.1, 0.15) is 5.82 Å². The number of aromatic nitrogens is 3. The molecule has 9 heteroatoms. The number of imidazole rings is 1. The lowest BCUT2D eigenvalue weighted by molar-refractivity contribution is -0.0293. The summed E-state index contributed by atoms with van der Waals surface area (Å²) in [5.74, 6) is 0.653. The smallest absolute Gasteiger partial charge is 0.251 e. The number of fused-ring (bicyclic) bond motifs is 1. The second kappa shape index (κ2) is 10.2. The van der Waals surface area contributed by atoms with Gasteiger partial charge in [0, 0.05) is 47.9 Å². The molecule has 2 N–H and O–H groups in total. The van der Waals surface area contributed by atoms with Gasteiger partial charge in [-0.25, -0.2) is 14.4 Å². The Morgan fingerprint density at radius 1 is 1.16 bits per heavy atom. The topological polar surface area (TPSA) is 83.8 Å². The zero-order valence-corrected chi connectivity index (χ0v) is 21.6. The summed E-state index contributed by atoms with van der Waals surface area (Å²) < 4.78 is 21.3. The van der Waals surface area contributed by atoms with Crippen LogP contribution in [0.2, 0.25) is 0 Å². The normalized spacial score (nSPS) is 18.0. The summed E-state index contributed by atoms with van der Waals surface area (Å²) in [7, 11) is 2.04. The highest BCUT2D eigenvalue weighted by Gasteiger charge is 2.25. The molecular formula is C29H31FN6O2. The molecule has 2 aliphatic rings. The van der Waals surface area contributed by atoms with Crippen LogP contribution < -0.4 is 10.6 Å². The van der Waals surface area contributed by atoms with E-state index in [0.29, 0.717) is 54.6 Å². The number of nitrogens with zero attached hydrogens (tertiary/aromatic N) is 4. The second-order valence-electron chi connectivity index (χ2n) is 10.4. The summed E-state index contributed by atoms with van der Waals surface area (Å²) in [6.07, 6.45) is 5.86. The van der Waals surface area contributed by atoms with Crippen LogP contribution in [0.1, 0.15) is 28.8 Å². The molecule has 1 saturated heterocycles. The molecule has 1 saturated carbocycles. The van der Waals surface area contributed by atoms with Gasteiger partial charge in [-0.3, -0.25) is 14.1 Å². The zero-order valence-electron chi connectivity index (χ0n) is 21.6. The summed E-state index contributed by atoms with van der Waals surface area (Å²) in [5, 5.41) is 6.56. The highest BCUT2D eigenvalue weighted by molar-refractivity contribution is 5.96. The van der Waals surface area contributed by atoms with Crippen molar-refractivity contribution in [2.24, 2.45) is 5.92 Å². The van der Waals surface area contributed by atoms with Gasteiger partial charge in [0.15, 0.2) is 11.5 Å². The lowest BCUT2D eigenvalue weighted by Crippen LogP contribution is -2.39. The summed E-state index contributed by atoms with van der Waals surface area (Å²) in [4.78, 5) is 24.4. The third-order valence-electron chi connectivity index (χ3n) is 7.10. The number of anilines is 1. The van der Waals surface area contributed by atoms with Crippen molar-refractivity contribution in [2.45, 2.75) is 25.8 Å². The maximum absolute atomic E-state index is 13.6. The average Bonchev–Trinajstić information content (AvgIpc) is 3.62. The van der Waals surface area contributed by atoms with E-state index in [1.807, 2.05) is 49.0 Å². The number of hydrogen-bond acceptors (Lipinski definition) is 6. The minimum Gasteiger partial charge on any atom is -0.367 e. The molecule has 2 aromatic carbocycles. The third-order valence-corrected chi connectivity index (χ3v) is 7.10. The Hall–Kier alpha value is -3.82. The molecule has 1 aliphatic carbocycles. The summed E-state index contributed by atoms with van der Waals surface area (Å²) in [6.45, 7) is 4.90. The number of carbonyl (C=O) groups is 1. The van der Waals surface area contributed by atoms with Crippen molar-refractivity contribution in [3.05, 3.63) is 71.8 Å². The molecule has 0 radical (unpaired) electrons. The molecular weight excluding hydrogens is 483 g/mol. The van der Waals surface area contributed by atoms with Crippen molar-refractivity contribution in [2.75, 3.05) is 38.8 Å². The van der Waals surface area contributed by atoms with E-state index in [0.717, 1.165) is 41.8 Å². The van der Waals surface area contributed by atoms with E-state index in [2.05, 4.69) is 15.5 Å². The average molecular weight is 515 g/mol. The number of amides is 1. The van der Waals surface area contributed by atoms with Crippen LogP contribution >= 0.6 is 0 Å². The summed E-state index contributed by atoms with van der Waals surface area (Å²) in [6, 6.07) is 12.5. The van der Waals surface area contributed by atoms with Crippen molar-refractivity contribution < 1.29 is 13.9 Å². The lowest BCUT2D eigenvalue weighted by atomic mass is 10.0. The van der Waals surface area contributed by atoms with E-state index >= 15 is 0 Å². The predicted molar refractivity (Wildman–Crippen MR) is 144 cm³/mol. The van der Waals surface area contributed by atoms with Crippen molar-refractivity contribution in [1.29, 1.82) is 0 Å². The molecule has 1 atom stereocenters. The molecule has 2 fully saturated rings. The Balaban J connectivity index is 1.37. The number of benzene rings is 2. The fourth-order valence-electron chi connectivity index (χ4n) is 4.93. The van der Waals surface area contributed by atoms with Crippen LogP contribution in [-0.2, 0) is 4.74 Å². The number of carbonyl (C=O) groups excluding carboxylic acids is 1. The maximum atomic E-state index is 13.6. The Morgan fingerprint density at radius 3 is 2.68 bits per heavy atom. The minimum absolute atomic E-state index is 0.0266. The Morgan fingerprint density at radius 2 is 1.95 bits per heavy atom. The Kier molecular flexibility index (Phi) is 6.55. The van der Waals surface area contributed by atoms with Gasteiger partial charge >= 0.3 is 0 Å². The van der Waals surface area contributed by atoms with Gasteiger partial charge in [-0.15, -0.1) is 0 Å². The molecule has 6 rings (SSSR count). The first kappa shape index (κ1) is 24.5. The van der Waals surface area contributed by atoms with Crippen molar-refractivity contribution in [1.82, 2.24) is 24.6 Å². The van der Waals surface area contributed by atoms with E-state index in [1.165, 1.54) is 12.1 Å². The maximum Gasteiger partial charge on any atom is 0.251 e. The number of rotatable bonds is 7. The van der Waals surface area contributed by atoms with Gasteiger partial charge in [-0.05, 0) is 68.8 Å². The first-order valence-electron chi connectivity index (χ1n) is 13.0. The quantitative estimate of drug-likeness (QED) is 0.382. The van der Waals surface area contributed by atoms with Crippen LogP contribution in [0.5, 0.6) is 0 Å². The van der Waals surface area contributed by atoms with Crippen LogP contribution in [0.25, 0.3) is 28.2 Å². The predicted octanol–water partition coefficient (Wildman–Crippen LogP) is 4.35. The Labute approximate surface area is 220 Å². The summed E-state index contributed by atoms with van der Waals surface area (Å²) in [5.41, 5.74) is 5.63. The lowest BCUT2D eigenvalue weighted by Gasteiger charge is -2.29. The first-order valence-corrected chi connectivity index (χ1v) is 13.0. The first-order chi connectivity index (χ1) is 18.4. The van der Waals surface area contributed by atoms with Gasteiger partial charge < -0.3 is 15.4 Å². The van der Waals surface area contributed by atoms with Gasteiger partial charge in [0.05, 0.1) is 30.9 Å². The van der Waals surface area contributed by atoms with Gasteiger partial charge in [0.2, 0.25) is 0 Å². The fourth-order valence-corrected chi connectivity index (χ4v) is 4.93.